The minimum Gasteiger partial charge on any atom is -0.348 e. The highest BCUT2D eigenvalue weighted by Crippen LogP contribution is 2.17. The minimum atomic E-state index is -0.133. The average molecular weight is 399 g/mol. The summed E-state index contributed by atoms with van der Waals surface area (Å²) in [6, 6.07) is 15.7. The van der Waals surface area contributed by atoms with Crippen LogP contribution in [0, 0.1) is 27.7 Å². The van der Waals surface area contributed by atoms with Crippen LogP contribution in [-0.4, -0.2) is 25.7 Å². The molecule has 4 aromatic rings. The Bertz CT molecular complexity index is 1230. The van der Waals surface area contributed by atoms with Gasteiger partial charge in [0.05, 0.1) is 34.7 Å². The first-order valence-electron chi connectivity index (χ1n) is 10.0. The predicted octanol–water partition coefficient (Wildman–Crippen LogP) is 4.04. The van der Waals surface area contributed by atoms with Crippen molar-refractivity contribution < 1.29 is 4.79 Å². The van der Waals surface area contributed by atoms with Gasteiger partial charge in [-0.3, -0.25) is 9.48 Å². The van der Waals surface area contributed by atoms with E-state index in [2.05, 4.69) is 32.5 Å². The third-order valence-electron chi connectivity index (χ3n) is 5.47. The van der Waals surface area contributed by atoms with Gasteiger partial charge < -0.3 is 5.32 Å². The van der Waals surface area contributed by atoms with Crippen molar-refractivity contribution in [2.24, 2.45) is 0 Å². The van der Waals surface area contributed by atoms with Crippen molar-refractivity contribution in [2.75, 3.05) is 0 Å². The molecule has 0 saturated heterocycles. The molecule has 2 aromatic carbocycles. The van der Waals surface area contributed by atoms with E-state index in [1.165, 1.54) is 5.56 Å². The lowest BCUT2D eigenvalue weighted by Gasteiger charge is -2.08. The second kappa shape index (κ2) is 8.06. The zero-order valence-electron chi connectivity index (χ0n) is 17.7. The summed E-state index contributed by atoms with van der Waals surface area (Å²) in [5.74, 6) is -0.133. The summed E-state index contributed by atoms with van der Waals surface area (Å²) in [6.45, 7) is 9.03. The molecule has 2 heterocycles. The number of carbonyl (C=O) groups is 1. The van der Waals surface area contributed by atoms with Crippen LogP contribution in [0.1, 0.15) is 44.3 Å². The summed E-state index contributed by atoms with van der Waals surface area (Å²) in [7, 11) is 0. The summed E-state index contributed by atoms with van der Waals surface area (Å²) < 4.78 is 1.99. The smallest absolute Gasteiger partial charge is 0.251 e. The van der Waals surface area contributed by atoms with Gasteiger partial charge in [-0.1, -0.05) is 30.3 Å². The van der Waals surface area contributed by atoms with Crippen molar-refractivity contribution in [3.8, 4) is 0 Å². The molecule has 0 aliphatic carbocycles. The maximum absolute atomic E-state index is 12.7. The molecule has 0 unspecified atom stereocenters. The number of nitrogens with zero attached hydrogens (tertiary/aromatic N) is 4. The van der Waals surface area contributed by atoms with E-state index in [1.54, 1.807) is 12.1 Å². The Hall–Kier alpha value is -3.54. The molecule has 6 nitrogen and oxygen atoms in total. The predicted molar refractivity (Wildman–Crippen MR) is 117 cm³/mol. The van der Waals surface area contributed by atoms with Crippen molar-refractivity contribution in [1.82, 2.24) is 25.1 Å². The highest BCUT2D eigenvalue weighted by atomic mass is 16.1. The fourth-order valence-electron chi connectivity index (χ4n) is 3.54. The Morgan fingerprint density at radius 3 is 2.33 bits per heavy atom. The van der Waals surface area contributed by atoms with Gasteiger partial charge in [-0.2, -0.15) is 5.10 Å². The Kier molecular flexibility index (Phi) is 5.31. The number of fused-ring (bicyclic) bond motifs is 1. The Labute approximate surface area is 176 Å². The summed E-state index contributed by atoms with van der Waals surface area (Å²) in [5.41, 5.74) is 8.11. The molecule has 6 heteroatoms. The van der Waals surface area contributed by atoms with Crippen molar-refractivity contribution in [3.05, 3.63) is 88.0 Å². The van der Waals surface area contributed by atoms with Gasteiger partial charge in [0.2, 0.25) is 0 Å². The third kappa shape index (κ3) is 3.94. The maximum Gasteiger partial charge on any atom is 0.251 e. The first-order valence-corrected chi connectivity index (χ1v) is 10.0. The second-order valence-electron chi connectivity index (χ2n) is 7.57. The molecular weight excluding hydrogens is 374 g/mol. The number of hydrogen-bond donors (Lipinski definition) is 1. The van der Waals surface area contributed by atoms with Crippen molar-refractivity contribution in [3.63, 3.8) is 0 Å². The third-order valence-corrected chi connectivity index (χ3v) is 5.47. The molecular formula is C24H25N5O. The van der Waals surface area contributed by atoms with E-state index in [-0.39, 0.29) is 5.91 Å². The maximum atomic E-state index is 12.7. The average Bonchev–Trinajstić information content (AvgIpc) is 3.00. The molecule has 0 aliphatic rings. The number of rotatable bonds is 5. The van der Waals surface area contributed by atoms with Crippen LogP contribution in [0.25, 0.3) is 11.0 Å². The van der Waals surface area contributed by atoms with Crippen LogP contribution in [-0.2, 0) is 13.1 Å². The first-order chi connectivity index (χ1) is 14.4. The highest BCUT2D eigenvalue weighted by molar-refractivity contribution is 5.97. The fourth-order valence-corrected chi connectivity index (χ4v) is 3.54. The SMILES string of the molecule is Cc1nc2ccc(C(=O)NCc3c(C)nn(Cc4ccccc4)c3C)cc2nc1C. The van der Waals surface area contributed by atoms with Gasteiger partial charge in [-0.05, 0) is 51.5 Å². The van der Waals surface area contributed by atoms with Gasteiger partial charge in [-0.15, -0.1) is 0 Å². The number of nitrogens with one attached hydrogen (secondary N) is 1. The van der Waals surface area contributed by atoms with Crippen molar-refractivity contribution >= 4 is 16.9 Å². The van der Waals surface area contributed by atoms with Crippen LogP contribution in [0.15, 0.2) is 48.5 Å². The van der Waals surface area contributed by atoms with E-state index in [0.29, 0.717) is 18.7 Å². The summed E-state index contributed by atoms with van der Waals surface area (Å²) in [6.07, 6.45) is 0. The molecule has 0 bridgehead atoms. The molecule has 0 atom stereocenters. The lowest BCUT2D eigenvalue weighted by Crippen LogP contribution is -2.23. The zero-order chi connectivity index (χ0) is 21.3. The number of amides is 1. The standard InChI is InChI=1S/C24H25N5O/c1-15-16(2)27-23-12-20(10-11-22(23)26-15)24(30)25-13-21-17(3)28-29(18(21)4)14-19-8-6-5-7-9-19/h5-12H,13-14H2,1-4H3,(H,25,30). The molecule has 1 N–H and O–H groups in total. The minimum absolute atomic E-state index is 0.133. The number of benzene rings is 2. The summed E-state index contributed by atoms with van der Waals surface area (Å²) in [5, 5.41) is 7.69. The van der Waals surface area contributed by atoms with Gasteiger partial charge >= 0.3 is 0 Å². The van der Waals surface area contributed by atoms with Gasteiger partial charge in [-0.25, -0.2) is 9.97 Å². The Morgan fingerprint density at radius 1 is 0.900 bits per heavy atom. The number of carbonyl (C=O) groups excluding carboxylic acids is 1. The molecule has 1 amide bonds. The highest BCUT2D eigenvalue weighted by Gasteiger charge is 2.14. The van der Waals surface area contributed by atoms with Crippen LogP contribution >= 0.6 is 0 Å². The molecule has 0 saturated carbocycles. The topological polar surface area (TPSA) is 72.7 Å². The first kappa shape index (κ1) is 19.8. The van der Waals surface area contributed by atoms with E-state index in [1.807, 2.05) is 56.6 Å². The van der Waals surface area contributed by atoms with E-state index < -0.39 is 0 Å². The molecule has 0 radical (unpaired) electrons. The number of aryl methyl sites for hydroxylation is 3. The molecule has 30 heavy (non-hydrogen) atoms. The molecule has 152 valence electrons. The molecule has 2 aromatic heterocycles. The van der Waals surface area contributed by atoms with Crippen molar-refractivity contribution in [1.29, 1.82) is 0 Å². The number of aromatic nitrogens is 4. The van der Waals surface area contributed by atoms with Crippen molar-refractivity contribution in [2.45, 2.75) is 40.8 Å². The summed E-state index contributed by atoms with van der Waals surface area (Å²) >= 11 is 0. The van der Waals surface area contributed by atoms with E-state index in [9.17, 15) is 4.79 Å². The summed E-state index contributed by atoms with van der Waals surface area (Å²) in [4.78, 5) is 21.8. The van der Waals surface area contributed by atoms with E-state index in [0.717, 1.165) is 39.4 Å². The van der Waals surface area contributed by atoms with Gasteiger partial charge in [0, 0.05) is 23.4 Å². The van der Waals surface area contributed by atoms with Crippen LogP contribution in [0.5, 0.6) is 0 Å². The second-order valence-corrected chi connectivity index (χ2v) is 7.57. The molecule has 4 rings (SSSR count). The Balaban J connectivity index is 1.50. The van der Waals surface area contributed by atoms with Gasteiger partial charge in [0.1, 0.15) is 0 Å². The van der Waals surface area contributed by atoms with Gasteiger partial charge in [0.15, 0.2) is 0 Å². The van der Waals surface area contributed by atoms with Crippen LogP contribution in [0.2, 0.25) is 0 Å². The molecule has 0 aliphatic heterocycles. The fraction of sp³-hybridized carbons (Fsp3) is 0.250. The Morgan fingerprint density at radius 2 is 1.60 bits per heavy atom. The lowest BCUT2D eigenvalue weighted by molar-refractivity contribution is 0.0951. The lowest BCUT2D eigenvalue weighted by atomic mass is 10.1. The largest absolute Gasteiger partial charge is 0.348 e. The monoisotopic (exact) mass is 399 g/mol. The molecule has 0 spiro atoms. The van der Waals surface area contributed by atoms with Gasteiger partial charge in [0.25, 0.3) is 5.91 Å². The quantitative estimate of drug-likeness (QED) is 0.550. The molecule has 0 fully saturated rings. The normalized spacial score (nSPS) is 11.1. The van der Waals surface area contributed by atoms with Crippen LogP contribution in [0.4, 0.5) is 0 Å². The van der Waals surface area contributed by atoms with Crippen LogP contribution < -0.4 is 5.32 Å². The van der Waals surface area contributed by atoms with E-state index in [4.69, 9.17) is 0 Å². The zero-order valence-corrected chi connectivity index (χ0v) is 17.7. The van der Waals surface area contributed by atoms with Crippen LogP contribution in [0.3, 0.4) is 0 Å². The number of hydrogen-bond acceptors (Lipinski definition) is 4. The van der Waals surface area contributed by atoms with E-state index >= 15 is 0 Å².